The molecule has 0 bridgehead atoms. The third-order valence-corrected chi connectivity index (χ3v) is 10.1. The molecule has 1 aromatic carbocycles. The van der Waals surface area contributed by atoms with Gasteiger partial charge in [-0.2, -0.15) is 0 Å². The zero-order chi connectivity index (χ0) is 28.1. The Morgan fingerprint density at radius 3 is 2.51 bits per heavy atom. The van der Waals surface area contributed by atoms with Gasteiger partial charge in [0.1, 0.15) is 11.4 Å². The molecule has 4 heterocycles. The van der Waals surface area contributed by atoms with E-state index in [0.717, 1.165) is 31.4 Å². The van der Waals surface area contributed by atoms with Gasteiger partial charge in [0.15, 0.2) is 0 Å². The lowest BCUT2D eigenvalue weighted by atomic mass is 9.88. The molecule has 11 heteroatoms. The maximum atomic E-state index is 13.9. The fourth-order valence-corrected chi connectivity index (χ4v) is 7.07. The number of hydrogen-bond donors (Lipinski definition) is 2. The Morgan fingerprint density at radius 1 is 1.15 bits per heavy atom. The summed E-state index contributed by atoms with van der Waals surface area (Å²) in [6.45, 7) is 3.26. The van der Waals surface area contributed by atoms with E-state index >= 15 is 0 Å². The Balaban J connectivity index is 1.07. The van der Waals surface area contributed by atoms with Crippen molar-refractivity contribution in [1.82, 2.24) is 25.0 Å². The van der Waals surface area contributed by atoms with E-state index in [1.54, 1.807) is 0 Å². The summed E-state index contributed by atoms with van der Waals surface area (Å²) in [7, 11) is 0. The summed E-state index contributed by atoms with van der Waals surface area (Å²) in [5, 5.41) is 0. The number of carbonyl (C=O) groups is 2. The molecule has 2 amide bonds. The van der Waals surface area contributed by atoms with E-state index in [9.17, 15) is 18.4 Å². The number of likely N-dealkylation sites (tertiary alicyclic amines) is 1. The summed E-state index contributed by atoms with van der Waals surface area (Å²) in [5.74, 6) is 1.58. The highest BCUT2D eigenvalue weighted by molar-refractivity contribution is 7.76. The van der Waals surface area contributed by atoms with Crippen LogP contribution in [0.5, 0.6) is 0 Å². The van der Waals surface area contributed by atoms with Gasteiger partial charge in [-0.3, -0.25) is 23.7 Å². The zero-order valence-corrected chi connectivity index (χ0v) is 23.8. The van der Waals surface area contributed by atoms with Gasteiger partial charge in [-0.15, -0.1) is 0 Å². The smallest absolute Gasteiger partial charge is 0.256 e. The third-order valence-electron chi connectivity index (χ3n) is 9.31. The molecule has 2 N–H and O–H groups in total. The molecular weight excluding hydrogens is 540 g/mol. The topological polar surface area (TPSA) is 120 Å². The number of amidine groups is 1. The first-order valence-electron chi connectivity index (χ1n) is 14.6. The summed E-state index contributed by atoms with van der Waals surface area (Å²) in [5.41, 5.74) is 9.82. The molecule has 10 nitrogen and oxygen atoms in total. The molecule has 6 aliphatic rings. The summed E-state index contributed by atoms with van der Waals surface area (Å²) < 4.78 is 24.4. The molecule has 1 saturated carbocycles. The van der Waals surface area contributed by atoms with Crippen LogP contribution in [0.25, 0.3) is 5.57 Å². The second-order valence-corrected chi connectivity index (χ2v) is 13.0. The van der Waals surface area contributed by atoms with E-state index < -0.39 is 16.8 Å². The highest BCUT2D eigenvalue weighted by atomic mass is 32.2. The van der Waals surface area contributed by atoms with Crippen molar-refractivity contribution < 1.29 is 18.4 Å². The molecule has 3 fully saturated rings. The molecule has 2 unspecified atom stereocenters. The quantitative estimate of drug-likeness (QED) is 0.479. The number of nitrogens with zero attached hydrogens (tertiary/aromatic N) is 4. The largest absolute Gasteiger partial charge is 0.760 e. The van der Waals surface area contributed by atoms with Crippen molar-refractivity contribution in [3.63, 3.8) is 0 Å². The number of nitrogens with one attached hydrogen (secondary N) is 2. The van der Waals surface area contributed by atoms with Crippen molar-refractivity contribution >= 4 is 34.5 Å². The summed E-state index contributed by atoms with van der Waals surface area (Å²) >= 11 is -2.29. The number of allylic oxidation sites excluding steroid dienone is 2. The standard InChI is InChI=1S/C30H36N6O4S/c37-28(25-9-10-25)34-17-20(18-34)19-36-27(33-30(29(36)38)11-13-35(14-12-30)41(39)40)24-7-5-22(6-8-24)21-1-3-23(4-2-21)26-15-31-32-16-26/h1-5,7-8,15,20,22,25,31-32H,6,9-14,16-19H2,(H,39,40)/p-1. The van der Waals surface area contributed by atoms with Gasteiger partial charge in [0.25, 0.3) is 5.91 Å². The molecule has 0 radical (unpaired) electrons. The minimum atomic E-state index is -2.29. The molecule has 1 aromatic rings. The van der Waals surface area contributed by atoms with E-state index in [0.29, 0.717) is 38.3 Å². The summed E-state index contributed by atoms with van der Waals surface area (Å²) in [6, 6.07) is 8.68. The van der Waals surface area contributed by atoms with Gasteiger partial charge in [-0.25, -0.2) is 9.73 Å². The van der Waals surface area contributed by atoms with Crippen LogP contribution in [0.1, 0.15) is 49.1 Å². The van der Waals surface area contributed by atoms with Gasteiger partial charge in [0.05, 0.1) is 0 Å². The van der Waals surface area contributed by atoms with Gasteiger partial charge >= 0.3 is 0 Å². The number of aliphatic imine (C=N–C) groups is 1. The first-order valence-corrected chi connectivity index (χ1v) is 15.6. The highest BCUT2D eigenvalue weighted by Crippen LogP contribution is 2.39. The normalized spacial score (nSPS) is 26.9. The number of rotatable bonds is 7. The Hall–Kier alpha value is -3.12. The van der Waals surface area contributed by atoms with Crippen LogP contribution in [0.2, 0.25) is 0 Å². The molecule has 0 aromatic heterocycles. The van der Waals surface area contributed by atoms with Crippen LogP contribution in [0.3, 0.4) is 0 Å². The molecule has 1 spiro atoms. The lowest BCUT2D eigenvalue weighted by Gasteiger charge is -2.42. The van der Waals surface area contributed by atoms with E-state index in [1.165, 1.54) is 21.0 Å². The Morgan fingerprint density at radius 2 is 1.90 bits per heavy atom. The van der Waals surface area contributed by atoms with Crippen molar-refractivity contribution in [3.05, 3.63) is 65.4 Å². The first kappa shape index (κ1) is 26.8. The van der Waals surface area contributed by atoms with Crippen LogP contribution in [0, 0.1) is 11.8 Å². The molecule has 2 atom stereocenters. The fourth-order valence-electron chi connectivity index (χ4n) is 6.59. The number of hydrogen-bond acceptors (Lipinski definition) is 7. The second-order valence-electron chi connectivity index (χ2n) is 12.1. The Kier molecular flexibility index (Phi) is 6.93. The number of hydrazine groups is 1. The SMILES string of the molecule is O=C(C1CC1)N1CC(CN2C(=O)C3(CCN(S(=O)[O-])CC3)N=C2C2=CCC(c3ccc(C4=CNNC4)cc3)C=C2)C1. The fraction of sp³-hybridized carbons (Fsp3) is 0.500. The minimum Gasteiger partial charge on any atom is -0.760 e. The lowest BCUT2D eigenvalue weighted by molar-refractivity contribution is -0.140. The van der Waals surface area contributed by atoms with E-state index in [-0.39, 0.29) is 42.7 Å². The monoisotopic (exact) mass is 575 g/mol. The van der Waals surface area contributed by atoms with E-state index in [2.05, 4.69) is 53.3 Å². The van der Waals surface area contributed by atoms with Gasteiger partial charge in [0.2, 0.25) is 5.91 Å². The second kappa shape index (κ2) is 10.6. The lowest BCUT2D eigenvalue weighted by Crippen LogP contribution is -2.57. The van der Waals surface area contributed by atoms with Crippen molar-refractivity contribution in [2.75, 3.05) is 39.3 Å². The van der Waals surface area contributed by atoms with Gasteiger partial charge in [-0.05, 0) is 48.8 Å². The van der Waals surface area contributed by atoms with Crippen molar-refractivity contribution in [2.24, 2.45) is 16.8 Å². The van der Waals surface area contributed by atoms with Crippen LogP contribution < -0.4 is 10.9 Å². The molecule has 216 valence electrons. The van der Waals surface area contributed by atoms with Crippen molar-refractivity contribution in [2.45, 2.75) is 43.6 Å². The molecule has 4 aliphatic heterocycles. The predicted octanol–water partition coefficient (Wildman–Crippen LogP) is 1.84. The van der Waals surface area contributed by atoms with E-state index in [4.69, 9.17) is 4.99 Å². The maximum Gasteiger partial charge on any atom is 0.256 e. The van der Waals surface area contributed by atoms with Crippen LogP contribution in [-0.2, 0) is 20.9 Å². The van der Waals surface area contributed by atoms with Crippen LogP contribution in [0.15, 0.2) is 59.3 Å². The van der Waals surface area contributed by atoms with E-state index in [1.807, 2.05) is 16.0 Å². The first-order chi connectivity index (χ1) is 19.9. The maximum absolute atomic E-state index is 13.9. The Bertz CT molecular complexity index is 1380. The summed E-state index contributed by atoms with van der Waals surface area (Å²) in [6.07, 6.45) is 12.0. The number of benzene rings is 1. The molecule has 41 heavy (non-hydrogen) atoms. The molecule has 2 saturated heterocycles. The highest BCUT2D eigenvalue weighted by Gasteiger charge is 2.51. The summed E-state index contributed by atoms with van der Waals surface area (Å²) in [4.78, 5) is 35.2. The van der Waals surface area contributed by atoms with Crippen LogP contribution in [-0.4, -0.2) is 85.3 Å². The molecule has 7 rings (SSSR count). The third kappa shape index (κ3) is 5.09. The average Bonchev–Trinajstić information content (AvgIpc) is 3.62. The predicted molar refractivity (Wildman–Crippen MR) is 155 cm³/mol. The number of amides is 2. The molecule has 2 aliphatic carbocycles. The van der Waals surface area contributed by atoms with Gasteiger partial charge in [-0.1, -0.05) is 42.5 Å². The number of carbonyl (C=O) groups excluding carboxylic acids is 2. The van der Waals surface area contributed by atoms with Crippen LogP contribution >= 0.6 is 0 Å². The molecular formula is C30H35N6O4S-. The Labute approximate surface area is 242 Å². The van der Waals surface area contributed by atoms with Crippen LogP contribution in [0.4, 0.5) is 0 Å². The van der Waals surface area contributed by atoms with Gasteiger partial charge in [0, 0.05) is 80.1 Å². The van der Waals surface area contributed by atoms with Crippen molar-refractivity contribution in [3.8, 4) is 0 Å². The van der Waals surface area contributed by atoms with Gasteiger partial charge < -0.3 is 14.9 Å². The average molecular weight is 576 g/mol. The van der Waals surface area contributed by atoms with Crippen molar-refractivity contribution in [1.29, 1.82) is 0 Å². The zero-order valence-electron chi connectivity index (χ0n) is 23.0. The number of piperidine rings is 1. The minimum absolute atomic E-state index is 0.0342.